The molecule has 2 N–H and O–H groups in total. The van der Waals surface area contributed by atoms with Crippen LogP contribution >= 0.6 is 23.2 Å². The second-order valence-electron chi connectivity index (χ2n) is 8.13. The summed E-state index contributed by atoms with van der Waals surface area (Å²) in [7, 11) is 0. The molecule has 1 aromatic carbocycles. The van der Waals surface area contributed by atoms with Gasteiger partial charge in [-0.05, 0) is 19.1 Å². The Morgan fingerprint density at radius 2 is 2.10 bits per heavy atom. The molecule has 2 fully saturated rings. The molecule has 1 spiro atoms. The van der Waals surface area contributed by atoms with Gasteiger partial charge in [-0.2, -0.15) is 0 Å². The number of amides is 1. The number of nitrogens with one attached hydrogen (secondary N) is 1. The zero-order valence-electron chi connectivity index (χ0n) is 16.3. The highest BCUT2D eigenvalue weighted by Crippen LogP contribution is 2.66. The van der Waals surface area contributed by atoms with Crippen LogP contribution in [0, 0.1) is 11.3 Å². The number of alkyl halides is 2. The molecule has 1 amide bonds. The Bertz CT molecular complexity index is 1040. The number of ether oxygens (including phenoxy) is 1. The van der Waals surface area contributed by atoms with Gasteiger partial charge in [-0.15, -0.1) is 0 Å². The first-order chi connectivity index (χ1) is 14.4. The first-order valence-corrected chi connectivity index (χ1v) is 10.1. The van der Waals surface area contributed by atoms with Crippen LogP contribution < -0.4 is 5.32 Å². The summed E-state index contributed by atoms with van der Waals surface area (Å²) in [5, 5.41) is 13.0. The van der Waals surface area contributed by atoms with Crippen molar-refractivity contribution in [2.24, 2.45) is 11.3 Å². The molecular weight excluding hydrogens is 457 g/mol. The van der Waals surface area contributed by atoms with Gasteiger partial charge >= 0.3 is 11.9 Å². The number of anilines is 1. The minimum atomic E-state index is -3.25. The lowest BCUT2D eigenvalue weighted by Crippen LogP contribution is -2.60. The average Bonchev–Trinajstić information content (AvgIpc) is 3.20. The minimum Gasteiger partial charge on any atom is -0.481 e. The molecule has 4 unspecified atom stereocenters. The maximum Gasteiger partial charge on any atom is 0.313 e. The lowest BCUT2D eigenvalue weighted by atomic mass is 9.62. The first-order valence-electron chi connectivity index (χ1n) is 9.38. The topological polar surface area (TPSA) is 95.9 Å². The number of hydrogen-bond donors (Lipinski definition) is 2. The Morgan fingerprint density at radius 1 is 1.42 bits per heavy atom. The normalized spacial score (nSPS) is 33.1. The van der Waals surface area contributed by atoms with E-state index in [1.807, 2.05) is 0 Å². The third kappa shape index (κ3) is 2.69. The highest BCUT2D eigenvalue weighted by Gasteiger charge is 2.80. The van der Waals surface area contributed by atoms with Crippen molar-refractivity contribution >= 4 is 46.7 Å². The van der Waals surface area contributed by atoms with E-state index in [4.69, 9.17) is 27.9 Å². The summed E-state index contributed by atoms with van der Waals surface area (Å²) < 4.78 is 34.2. The highest BCUT2D eigenvalue weighted by atomic mass is 35.5. The standard InChI is InChI=1S/C20H18Cl2F2N2O5/c1-3-4-31-15(27)13-12-7-19(23,24)8-26(12)20(18(13,2)17(29)30)10-5-9(21)6-11(22)14(10)25-16(20)28/h3,5-6,12-13H,1,4,7-8H2,2H3,(H,25,28)(H,29,30). The highest BCUT2D eigenvalue weighted by molar-refractivity contribution is 6.38. The molecule has 0 bridgehead atoms. The monoisotopic (exact) mass is 474 g/mol. The molecule has 166 valence electrons. The number of aliphatic carboxylic acids is 1. The van der Waals surface area contributed by atoms with Crippen molar-refractivity contribution in [2.75, 3.05) is 18.5 Å². The molecule has 4 atom stereocenters. The molecule has 1 aromatic rings. The van der Waals surface area contributed by atoms with E-state index in [1.54, 1.807) is 0 Å². The molecule has 3 heterocycles. The third-order valence-corrected chi connectivity index (χ3v) is 7.07. The maximum atomic E-state index is 14.6. The number of benzene rings is 1. The molecular formula is C20H18Cl2F2N2O5. The number of carboxylic acid groups (broad SMARTS) is 1. The van der Waals surface area contributed by atoms with E-state index in [9.17, 15) is 28.3 Å². The molecule has 7 nitrogen and oxygen atoms in total. The fourth-order valence-corrected chi connectivity index (χ4v) is 5.99. The van der Waals surface area contributed by atoms with Crippen LogP contribution in [0.25, 0.3) is 0 Å². The molecule has 0 aromatic heterocycles. The molecule has 11 heteroatoms. The number of nitrogens with zero attached hydrogens (tertiary/aromatic N) is 1. The number of hydrogen-bond acceptors (Lipinski definition) is 5. The van der Waals surface area contributed by atoms with Gasteiger partial charge in [-0.25, -0.2) is 8.78 Å². The summed E-state index contributed by atoms with van der Waals surface area (Å²) in [6.45, 7) is 3.49. The smallest absolute Gasteiger partial charge is 0.313 e. The fourth-order valence-electron chi connectivity index (χ4n) is 5.44. The van der Waals surface area contributed by atoms with Crippen molar-refractivity contribution in [3.8, 4) is 0 Å². The van der Waals surface area contributed by atoms with Gasteiger partial charge in [-0.1, -0.05) is 35.9 Å². The summed E-state index contributed by atoms with van der Waals surface area (Å²) in [6.07, 6.45) is 0.473. The molecule has 0 radical (unpaired) electrons. The van der Waals surface area contributed by atoms with Gasteiger partial charge in [0, 0.05) is 23.0 Å². The lowest BCUT2D eigenvalue weighted by Gasteiger charge is -2.42. The minimum absolute atomic E-state index is 0.0284. The number of carbonyl (C=O) groups is 3. The Kier molecular flexibility index (Phi) is 4.88. The van der Waals surface area contributed by atoms with Gasteiger partial charge in [0.05, 0.1) is 23.2 Å². The third-order valence-electron chi connectivity index (χ3n) is 6.55. The van der Waals surface area contributed by atoms with Gasteiger partial charge in [0.25, 0.3) is 11.8 Å². The SMILES string of the molecule is C=CCOC(=O)C1C2CC(F)(F)CN2C2(C(=O)Nc3c(Cl)cc(Cl)cc32)C1(C)C(=O)O. The van der Waals surface area contributed by atoms with Crippen LogP contribution in [0.1, 0.15) is 18.9 Å². The van der Waals surface area contributed by atoms with Crippen molar-refractivity contribution in [1.82, 2.24) is 4.90 Å². The van der Waals surface area contributed by atoms with Crippen LogP contribution in [0.3, 0.4) is 0 Å². The van der Waals surface area contributed by atoms with E-state index in [0.29, 0.717) is 0 Å². The van der Waals surface area contributed by atoms with Crippen LogP contribution in [0.4, 0.5) is 14.5 Å². The number of halogens is 4. The van der Waals surface area contributed by atoms with Crippen LogP contribution in [0.15, 0.2) is 24.8 Å². The number of carbonyl (C=O) groups excluding carboxylic acids is 2. The van der Waals surface area contributed by atoms with Crippen molar-refractivity contribution in [1.29, 1.82) is 0 Å². The summed E-state index contributed by atoms with van der Waals surface area (Å²) >= 11 is 12.4. The van der Waals surface area contributed by atoms with E-state index in [1.165, 1.54) is 25.1 Å². The lowest BCUT2D eigenvalue weighted by molar-refractivity contribution is -0.170. The van der Waals surface area contributed by atoms with Crippen LogP contribution in [0.5, 0.6) is 0 Å². The van der Waals surface area contributed by atoms with Crippen molar-refractivity contribution < 1.29 is 33.0 Å². The largest absolute Gasteiger partial charge is 0.481 e. The van der Waals surface area contributed by atoms with Crippen molar-refractivity contribution in [3.63, 3.8) is 0 Å². The zero-order valence-corrected chi connectivity index (χ0v) is 17.8. The Balaban J connectivity index is 2.04. The Hall–Kier alpha value is -2.23. The zero-order chi connectivity index (χ0) is 22.9. The fraction of sp³-hybridized carbons (Fsp3) is 0.450. The molecule has 0 aliphatic carbocycles. The second-order valence-corrected chi connectivity index (χ2v) is 8.98. The van der Waals surface area contributed by atoms with Gasteiger partial charge in [-0.3, -0.25) is 19.3 Å². The number of rotatable bonds is 4. The number of carboxylic acids is 1. The summed E-state index contributed by atoms with van der Waals surface area (Å²) in [4.78, 5) is 40.2. The Labute approximate surface area is 185 Å². The maximum absolute atomic E-state index is 14.6. The Morgan fingerprint density at radius 3 is 2.71 bits per heavy atom. The van der Waals surface area contributed by atoms with Gasteiger partial charge < -0.3 is 15.2 Å². The van der Waals surface area contributed by atoms with Gasteiger partial charge in [0.15, 0.2) is 0 Å². The van der Waals surface area contributed by atoms with Crippen molar-refractivity contribution in [3.05, 3.63) is 40.4 Å². The predicted molar refractivity (Wildman–Crippen MR) is 107 cm³/mol. The van der Waals surface area contributed by atoms with E-state index >= 15 is 0 Å². The summed E-state index contributed by atoms with van der Waals surface area (Å²) in [6, 6.07) is 1.41. The number of fused-ring (bicyclic) bond motifs is 4. The van der Waals surface area contributed by atoms with E-state index < -0.39 is 59.6 Å². The van der Waals surface area contributed by atoms with E-state index in [-0.39, 0.29) is 27.9 Å². The summed E-state index contributed by atoms with van der Waals surface area (Å²) in [5.41, 5.74) is -4.18. The predicted octanol–water partition coefficient (Wildman–Crippen LogP) is 3.30. The summed E-state index contributed by atoms with van der Waals surface area (Å²) in [5.74, 6) is -8.18. The van der Waals surface area contributed by atoms with Crippen LogP contribution in [-0.2, 0) is 24.7 Å². The first kappa shape index (κ1) is 22.0. The molecule has 31 heavy (non-hydrogen) atoms. The average molecular weight is 475 g/mol. The number of esters is 1. The van der Waals surface area contributed by atoms with E-state index in [0.717, 1.165) is 4.90 Å². The molecule has 3 aliphatic rings. The van der Waals surface area contributed by atoms with Gasteiger partial charge in [0.1, 0.15) is 17.6 Å². The molecule has 2 saturated heterocycles. The quantitative estimate of drug-likeness (QED) is 0.513. The van der Waals surface area contributed by atoms with Crippen LogP contribution in [-0.4, -0.2) is 53.0 Å². The molecule has 3 aliphatic heterocycles. The van der Waals surface area contributed by atoms with Gasteiger partial charge in [0.2, 0.25) is 0 Å². The molecule has 4 rings (SSSR count). The van der Waals surface area contributed by atoms with Crippen LogP contribution in [0.2, 0.25) is 10.0 Å². The molecule has 0 saturated carbocycles. The van der Waals surface area contributed by atoms with E-state index in [2.05, 4.69) is 11.9 Å². The van der Waals surface area contributed by atoms with Crippen molar-refractivity contribution in [2.45, 2.75) is 30.8 Å². The second kappa shape index (κ2) is 6.88.